The second-order valence-corrected chi connectivity index (χ2v) is 7.57. The lowest BCUT2D eigenvalue weighted by Crippen LogP contribution is -2.66. The lowest BCUT2D eigenvalue weighted by Gasteiger charge is -2.47. The first-order chi connectivity index (χ1) is 9.26. The number of unbranched alkanes of at least 4 members (excludes halogenated alkanes) is 4. The number of amides is 1. The third kappa shape index (κ3) is 6.25. The van der Waals surface area contributed by atoms with Crippen molar-refractivity contribution in [3.63, 3.8) is 0 Å². The Labute approximate surface area is 125 Å². The van der Waals surface area contributed by atoms with Crippen LogP contribution in [0.4, 0.5) is 0 Å². The van der Waals surface area contributed by atoms with Crippen LogP contribution in [0.5, 0.6) is 0 Å². The van der Waals surface area contributed by atoms with E-state index >= 15 is 0 Å². The number of hydrogen-bond donors (Lipinski definition) is 2. The molecule has 0 aliphatic carbocycles. The predicted molar refractivity (Wildman–Crippen MR) is 85.5 cm³/mol. The van der Waals surface area contributed by atoms with Gasteiger partial charge >= 0.3 is 0 Å². The number of rotatable bonds is 7. The fourth-order valence-corrected chi connectivity index (χ4v) is 3.83. The highest BCUT2D eigenvalue weighted by Crippen LogP contribution is 2.31. The summed E-state index contributed by atoms with van der Waals surface area (Å²) in [7, 11) is 0. The fourth-order valence-electron chi connectivity index (χ4n) is 3.83. The third-order valence-electron chi connectivity index (χ3n) is 4.15. The standard InChI is InChI=1S/C17H34N2O/c1-6-7-8-9-10-11-15(20)18-17(5)13-14(2)12-16(3,4)19-17/h14,19H,6-13H2,1-5H3,(H,18,20). The van der Waals surface area contributed by atoms with E-state index in [4.69, 9.17) is 0 Å². The molecular formula is C17H34N2O. The second kappa shape index (κ2) is 7.44. The van der Waals surface area contributed by atoms with E-state index in [0.717, 1.165) is 19.3 Å². The van der Waals surface area contributed by atoms with Crippen LogP contribution in [0.25, 0.3) is 0 Å². The van der Waals surface area contributed by atoms with Gasteiger partial charge < -0.3 is 5.32 Å². The minimum atomic E-state index is -0.248. The lowest BCUT2D eigenvalue weighted by molar-refractivity contribution is -0.124. The molecule has 20 heavy (non-hydrogen) atoms. The summed E-state index contributed by atoms with van der Waals surface area (Å²) in [5, 5.41) is 6.83. The molecule has 2 atom stereocenters. The molecule has 1 heterocycles. The van der Waals surface area contributed by atoms with E-state index < -0.39 is 0 Å². The van der Waals surface area contributed by atoms with Crippen molar-refractivity contribution in [1.29, 1.82) is 0 Å². The summed E-state index contributed by atoms with van der Waals surface area (Å²) in [6, 6.07) is 0. The molecule has 0 saturated carbocycles. The van der Waals surface area contributed by atoms with Crippen molar-refractivity contribution in [3.05, 3.63) is 0 Å². The fraction of sp³-hybridized carbons (Fsp3) is 0.941. The van der Waals surface area contributed by atoms with Gasteiger partial charge in [-0.15, -0.1) is 0 Å². The summed E-state index contributed by atoms with van der Waals surface area (Å²) in [6.07, 6.45) is 8.81. The Morgan fingerprint density at radius 3 is 2.40 bits per heavy atom. The van der Waals surface area contributed by atoms with Crippen LogP contribution in [0.3, 0.4) is 0 Å². The average Bonchev–Trinajstić information content (AvgIpc) is 2.24. The van der Waals surface area contributed by atoms with Gasteiger partial charge in [0.2, 0.25) is 5.91 Å². The molecule has 1 fully saturated rings. The highest BCUT2D eigenvalue weighted by Gasteiger charge is 2.39. The van der Waals surface area contributed by atoms with Crippen LogP contribution in [0.1, 0.15) is 86.0 Å². The van der Waals surface area contributed by atoms with Crippen molar-refractivity contribution in [2.75, 3.05) is 0 Å². The minimum Gasteiger partial charge on any atom is -0.338 e. The molecule has 3 heteroatoms. The summed E-state index contributed by atoms with van der Waals surface area (Å²) >= 11 is 0. The summed E-state index contributed by atoms with van der Waals surface area (Å²) in [6.45, 7) is 11.1. The van der Waals surface area contributed by atoms with Crippen LogP contribution in [0, 0.1) is 5.92 Å². The molecule has 0 bridgehead atoms. The zero-order valence-electron chi connectivity index (χ0n) is 14.1. The van der Waals surface area contributed by atoms with E-state index in [0.29, 0.717) is 12.3 Å². The molecule has 0 spiro atoms. The van der Waals surface area contributed by atoms with E-state index in [-0.39, 0.29) is 17.1 Å². The topological polar surface area (TPSA) is 41.1 Å². The maximum absolute atomic E-state index is 12.1. The van der Waals surface area contributed by atoms with E-state index in [1.165, 1.54) is 25.7 Å². The summed E-state index contributed by atoms with van der Waals surface area (Å²) in [4.78, 5) is 12.1. The van der Waals surface area contributed by atoms with Crippen molar-refractivity contribution in [1.82, 2.24) is 10.6 Å². The molecule has 2 unspecified atom stereocenters. The van der Waals surface area contributed by atoms with E-state index in [1.54, 1.807) is 0 Å². The van der Waals surface area contributed by atoms with Crippen molar-refractivity contribution < 1.29 is 4.79 Å². The van der Waals surface area contributed by atoms with Gasteiger partial charge in [0.1, 0.15) is 0 Å². The molecule has 1 saturated heterocycles. The number of nitrogens with one attached hydrogen (secondary N) is 2. The smallest absolute Gasteiger partial charge is 0.221 e. The van der Waals surface area contributed by atoms with Gasteiger partial charge in [-0.1, -0.05) is 39.5 Å². The quantitative estimate of drug-likeness (QED) is 0.694. The normalized spacial score (nSPS) is 29.1. The van der Waals surface area contributed by atoms with Crippen molar-refractivity contribution in [3.8, 4) is 0 Å². The Kier molecular flexibility index (Phi) is 6.50. The van der Waals surface area contributed by atoms with Crippen LogP contribution in [0.15, 0.2) is 0 Å². The first-order valence-corrected chi connectivity index (χ1v) is 8.37. The molecular weight excluding hydrogens is 248 g/mol. The molecule has 0 aromatic heterocycles. The largest absolute Gasteiger partial charge is 0.338 e. The molecule has 0 aromatic rings. The van der Waals surface area contributed by atoms with Crippen molar-refractivity contribution >= 4 is 5.91 Å². The molecule has 0 aromatic carbocycles. The lowest BCUT2D eigenvalue weighted by atomic mass is 9.79. The number of piperidine rings is 1. The van der Waals surface area contributed by atoms with Gasteiger partial charge in [0.05, 0.1) is 5.66 Å². The van der Waals surface area contributed by atoms with Crippen LogP contribution >= 0.6 is 0 Å². The van der Waals surface area contributed by atoms with Crippen molar-refractivity contribution in [2.24, 2.45) is 5.92 Å². The highest BCUT2D eigenvalue weighted by molar-refractivity contribution is 5.76. The van der Waals surface area contributed by atoms with Crippen molar-refractivity contribution in [2.45, 2.75) is 97.2 Å². The Morgan fingerprint density at radius 1 is 1.15 bits per heavy atom. The molecule has 3 nitrogen and oxygen atoms in total. The zero-order chi connectivity index (χ0) is 15.2. The molecule has 1 amide bonds. The summed E-state index contributed by atoms with van der Waals surface area (Å²) < 4.78 is 0. The Morgan fingerprint density at radius 2 is 1.80 bits per heavy atom. The predicted octanol–water partition coefficient (Wildman–Crippen LogP) is 3.98. The minimum absolute atomic E-state index is 0.0980. The van der Waals surface area contributed by atoms with Crippen LogP contribution in [-0.4, -0.2) is 17.1 Å². The molecule has 2 N–H and O–H groups in total. The maximum Gasteiger partial charge on any atom is 0.221 e. The highest BCUT2D eigenvalue weighted by atomic mass is 16.1. The maximum atomic E-state index is 12.1. The Hall–Kier alpha value is -0.570. The van der Waals surface area contributed by atoms with Gasteiger partial charge in [0, 0.05) is 12.0 Å². The summed E-state index contributed by atoms with van der Waals surface area (Å²) in [5.41, 5.74) is -0.150. The number of carbonyl (C=O) groups excluding carboxylic acids is 1. The van der Waals surface area contributed by atoms with Gasteiger partial charge in [-0.3, -0.25) is 10.1 Å². The van der Waals surface area contributed by atoms with Crippen LogP contribution < -0.4 is 10.6 Å². The first kappa shape index (κ1) is 17.5. The van der Waals surface area contributed by atoms with E-state index in [2.05, 4.69) is 45.3 Å². The zero-order valence-corrected chi connectivity index (χ0v) is 14.1. The van der Waals surface area contributed by atoms with Crippen LogP contribution in [-0.2, 0) is 4.79 Å². The first-order valence-electron chi connectivity index (χ1n) is 8.37. The monoisotopic (exact) mass is 282 g/mol. The van der Waals surface area contributed by atoms with E-state index in [9.17, 15) is 4.79 Å². The SMILES string of the molecule is CCCCCCCC(=O)NC1(C)CC(C)CC(C)(C)N1. The molecule has 1 rings (SSSR count). The van der Waals surface area contributed by atoms with Gasteiger partial charge in [-0.25, -0.2) is 0 Å². The molecule has 1 aliphatic rings. The second-order valence-electron chi connectivity index (χ2n) is 7.57. The molecule has 0 radical (unpaired) electrons. The Bertz CT molecular complexity index is 314. The van der Waals surface area contributed by atoms with Gasteiger partial charge in [0.25, 0.3) is 0 Å². The van der Waals surface area contributed by atoms with Gasteiger partial charge in [0.15, 0.2) is 0 Å². The Balaban J connectivity index is 2.36. The third-order valence-corrected chi connectivity index (χ3v) is 4.15. The molecule has 118 valence electrons. The van der Waals surface area contributed by atoms with Crippen LogP contribution in [0.2, 0.25) is 0 Å². The van der Waals surface area contributed by atoms with E-state index in [1.807, 2.05) is 0 Å². The molecule has 1 aliphatic heterocycles. The van der Waals surface area contributed by atoms with Gasteiger partial charge in [-0.2, -0.15) is 0 Å². The van der Waals surface area contributed by atoms with Gasteiger partial charge in [-0.05, 0) is 46.0 Å². The average molecular weight is 282 g/mol. The number of carbonyl (C=O) groups is 1. The number of hydrogen-bond acceptors (Lipinski definition) is 2. The summed E-state index contributed by atoms with van der Waals surface area (Å²) in [5.74, 6) is 0.836.